The number of nitrogens with one attached hydrogen (secondary N) is 2. The van der Waals surface area contributed by atoms with Crippen LogP contribution in [0.25, 0.3) is 22.2 Å². The van der Waals surface area contributed by atoms with E-state index in [1.165, 1.54) is 6.08 Å². The van der Waals surface area contributed by atoms with Gasteiger partial charge in [0, 0.05) is 17.6 Å². The van der Waals surface area contributed by atoms with Gasteiger partial charge >= 0.3 is 0 Å². The molecule has 0 aliphatic carbocycles. The van der Waals surface area contributed by atoms with E-state index in [4.69, 9.17) is 37.7 Å². The van der Waals surface area contributed by atoms with E-state index in [2.05, 4.69) is 27.2 Å². The average Bonchev–Trinajstić information content (AvgIpc) is 2.85. The van der Waals surface area contributed by atoms with Crippen molar-refractivity contribution in [2.24, 2.45) is 0 Å². The number of carbonyl (C=O) groups is 1. The molecule has 10 heteroatoms. The van der Waals surface area contributed by atoms with Crippen molar-refractivity contribution < 1.29 is 14.3 Å². The third-order valence-electron chi connectivity index (χ3n) is 5.71. The first kappa shape index (κ1) is 24.2. The number of fused-ring (bicyclic) bond motifs is 1. The van der Waals surface area contributed by atoms with Crippen molar-refractivity contribution in [3.8, 4) is 17.0 Å². The number of anilines is 1. The fourth-order valence-electron chi connectivity index (χ4n) is 3.95. The van der Waals surface area contributed by atoms with E-state index in [1.807, 2.05) is 13.0 Å². The third-order valence-corrected chi connectivity index (χ3v) is 6.40. The Bertz CT molecular complexity index is 1240. The van der Waals surface area contributed by atoms with Crippen LogP contribution < -0.4 is 15.4 Å². The molecular weight excluding hydrogens is 477 g/mol. The third kappa shape index (κ3) is 4.94. The van der Waals surface area contributed by atoms with Crippen LogP contribution in [0.5, 0.6) is 5.75 Å². The molecule has 1 aliphatic heterocycles. The molecule has 0 spiro atoms. The number of hydrogen-bond acceptors (Lipinski definition) is 7. The minimum atomic E-state index is -0.223. The predicted molar refractivity (Wildman–Crippen MR) is 134 cm³/mol. The molecule has 3 aromatic rings. The molecule has 34 heavy (non-hydrogen) atoms. The highest BCUT2D eigenvalue weighted by molar-refractivity contribution is 6.40. The van der Waals surface area contributed by atoms with Crippen LogP contribution in [0.2, 0.25) is 10.0 Å². The monoisotopic (exact) mass is 501 g/mol. The van der Waals surface area contributed by atoms with Crippen LogP contribution in [0.3, 0.4) is 0 Å². The minimum absolute atomic E-state index is 0.124. The summed E-state index contributed by atoms with van der Waals surface area (Å²) in [7, 11) is 1.55. The lowest BCUT2D eigenvalue weighted by atomic mass is 10.0. The maximum atomic E-state index is 11.8. The van der Waals surface area contributed by atoms with Gasteiger partial charge in [0.1, 0.15) is 5.75 Å². The van der Waals surface area contributed by atoms with Crippen molar-refractivity contribution in [2.75, 3.05) is 25.6 Å². The van der Waals surface area contributed by atoms with Crippen LogP contribution in [0, 0.1) is 0 Å². The molecular formula is C24H25Cl2N5O3. The molecule has 2 N–H and O–H groups in total. The normalized spacial score (nSPS) is 17.9. The molecule has 0 unspecified atom stereocenters. The zero-order chi connectivity index (χ0) is 24.2. The summed E-state index contributed by atoms with van der Waals surface area (Å²) in [6.07, 6.45) is 4.29. The van der Waals surface area contributed by atoms with Crippen LogP contribution in [0.15, 0.2) is 37.1 Å². The number of pyridine rings is 1. The SMILES string of the molecule is C=CC(=O)N[C@H]1CCOC[C@H]1Nc1nc(CC)c2cc(-c3c(Cl)ccc(OC)c3Cl)ncc2n1. The summed E-state index contributed by atoms with van der Waals surface area (Å²) in [5.74, 6) is 0.742. The molecule has 0 radical (unpaired) electrons. The first-order chi connectivity index (χ1) is 16.4. The fourth-order valence-corrected chi connectivity index (χ4v) is 4.59. The number of benzene rings is 1. The lowest BCUT2D eigenvalue weighted by Crippen LogP contribution is -2.52. The number of carbonyl (C=O) groups excluding carboxylic acids is 1. The molecule has 178 valence electrons. The van der Waals surface area contributed by atoms with Crippen LogP contribution >= 0.6 is 23.2 Å². The highest BCUT2D eigenvalue weighted by Gasteiger charge is 2.27. The molecule has 1 aliphatic rings. The Labute approximate surface area is 207 Å². The van der Waals surface area contributed by atoms with Crippen LogP contribution in [0.1, 0.15) is 19.0 Å². The maximum absolute atomic E-state index is 11.8. The average molecular weight is 502 g/mol. The smallest absolute Gasteiger partial charge is 0.243 e. The molecule has 1 fully saturated rings. The standard InChI is InChI=1S/C24H25Cl2N5O3/c1-4-15-13-10-17(22-14(25)6-7-20(33-3)23(22)26)27-11-18(13)30-24(29-15)31-19-12-34-9-8-16(19)28-21(32)5-2/h5-7,10-11,16,19H,2,4,8-9,12H2,1,3H3,(H,28,32)(H,29,30,31)/t16-,19+/m0/s1. The summed E-state index contributed by atoms with van der Waals surface area (Å²) in [4.78, 5) is 25.8. The van der Waals surface area contributed by atoms with Gasteiger partial charge in [-0.15, -0.1) is 0 Å². The number of aromatic nitrogens is 3. The molecule has 4 rings (SSSR count). The predicted octanol–water partition coefficient (Wildman–Crippen LogP) is 4.44. The van der Waals surface area contributed by atoms with Crippen molar-refractivity contribution in [1.29, 1.82) is 0 Å². The zero-order valence-corrected chi connectivity index (χ0v) is 20.4. The first-order valence-corrected chi connectivity index (χ1v) is 11.7. The maximum Gasteiger partial charge on any atom is 0.243 e. The molecule has 2 aromatic heterocycles. The lowest BCUT2D eigenvalue weighted by molar-refractivity contribution is -0.117. The van der Waals surface area contributed by atoms with Gasteiger partial charge in [-0.05, 0) is 37.1 Å². The number of ether oxygens (including phenoxy) is 2. The molecule has 1 amide bonds. The molecule has 1 saturated heterocycles. The number of amides is 1. The van der Waals surface area contributed by atoms with E-state index >= 15 is 0 Å². The Morgan fingerprint density at radius 2 is 2.15 bits per heavy atom. The van der Waals surface area contributed by atoms with Gasteiger partial charge in [0.05, 0.1) is 58.9 Å². The van der Waals surface area contributed by atoms with Gasteiger partial charge in [0.25, 0.3) is 0 Å². The van der Waals surface area contributed by atoms with Crippen LogP contribution in [-0.2, 0) is 16.0 Å². The minimum Gasteiger partial charge on any atom is -0.495 e. The number of rotatable bonds is 7. The number of methoxy groups -OCH3 is 1. The van der Waals surface area contributed by atoms with E-state index < -0.39 is 0 Å². The van der Waals surface area contributed by atoms with Gasteiger partial charge in [-0.2, -0.15) is 0 Å². The fraction of sp³-hybridized carbons (Fsp3) is 0.333. The number of halogens is 2. The highest BCUT2D eigenvalue weighted by atomic mass is 35.5. The van der Waals surface area contributed by atoms with E-state index in [9.17, 15) is 4.79 Å². The van der Waals surface area contributed by atoms with Gasteiger partial charge < -0.3 is 20.1 Å². The van der Waals surface area contributed by atoms with E-state index in [0.29, 0.717) is 64.6 Å². The summed E-state index contributed by atoms with van der Waals surface area (Å²) in [5.41, 5.74) is 2.72. The molecule has 0 saturated carbocycles. The second kappa shape index (κ2) is 10.5. The Morgan fingerprint density at radius 3 is 2.88 bits per heavy atom. The Kier molecular flexibility index (Phi) is 7.50. The Balaban J connectivity index is 1.69. The van der Waals surface area contributed by atoms with Crippen molar-refractivity contribution in [1.82, 2.24) is 20.3 Å². The molecule has 8 nitrogen and oxygen atoms in total. The summed E-state index contributed by atoms with van der Waals surface area (Å²) in [5, 5.41) is 7.99. The van der Waals surface area contributed by atoms with Crippen molar-refractivity contribution >= 4 is 46.0 Å². The quantitative estimate of drug-likeness (QED) is 0.461. The first-order valence-electron chi connectivity index (χ1n) is 10.9. The Hall–Kier alpha value is -2.94. The van der Waals surface area contributed by atoms with E-state index in [0.717, 1.165) is 11.1 Å². The highest BCUT2D eigenvalue weighted by Crippen LogP contribution is 2.40. The second-order valence-electron chi connectivity index (χ2n) is 7.81. The Morgan fingerprint density at radius 1 is 1.32 bits per heavy atom. The summed E-state index contributed by atoms with van der Waals surface area (Å²) < 4.78 is 10.9. The largest absolute Gasteiger partial charge is 0.495 e. The summed E-state index contributed by atoms with van der Waals surface area (Å²) in [6, 6.07) is 5.03. The summed E-state index contributed by atoms with van der Waals surface area (Å²) >= 11 is 13.0. The van der Waals surface area contributed by atoms with Crippen molar-refractivity contribution in [3.63, 3.8) is 0 Å². The lowest BCUT2D eigenvalue weighted by Gasteiger charge is -2.32. The number of hydrogen-bond donors (Lipinski definition) is 2. The van der Waals surface area contributed by atoms with Crippen molar-refractivity contribution in [3.05, 3.63) is 52.8 Å². The molecule has 2 atom stereocenters. The molecule has 0 bridgehead atoms. The summed E-state index contributed by atoms with van der Waals surface area (Å²) in [6.45, 7) is 6.54. The van der Waals surface area contributed by atoms with Gasteiger partial charge in [0.15, 0.2) is 0 Å². The molecule has 1 aromatic carbocycles. The number of nitrogens with zero attached hydrogens (tertiary/aromatic N) is 3. The van der Waals surface area contributed by atoms with Gasteiger partial charge in [0.2, 0.25) is 11.9 Å². The topological polar surface area (TPSA) is 98.3 Å². The van der Waals surface area contributed by atoms with Crippen LogP contribution in [-0.4, -0.2) is 53.3 Å². The van der Waals surface area contributed by atoms with Crippen molar-refractivity contribution in [2.45, 2.75) is 31.8 Å². The zero-order valence-electron chi connectivity index (χ0n) is 18.9. The van der Waals surface area contributed by atoms with E-state index in [-0.39, 0.29) is 18.0 Å². The number of aryl methyl sites for hydroxylation is 1. The second-order valence-corrected chi connectivity index (χ2v) is 8.59. The van der Waals surface area contributed by atoms with Gasteiger partial charge in [-0.1, -0.05) is 36.7 Å². The van der Waals surface area contributed by atoms with E-state index in [1.54, 1.807) is 25.4 Å². The van der Waals surface area contributed by atoms with Crippen LogP contribution in [0.4, 0.5) is 5.95 Å². The van der Waals surface area contributed by atoms with Gasteiger partial charge in [-0.3, -0.25) is 9.78 Å². The molecule has 3 heterocycles. The van der Waals surface area contributed by atoms with Gasteiger partial charge in [-0.25, -0.2) is 9.97 Å².